The van der Waals surface area contributed by atoms with E-state index in [1.807, 2.05) is 24.3 Å². The lowest BCUT2D eigenvalue weighted by Crippen LogP contribution is -2.17. The minimum Gasteiger partial charge on any atom is -0.382 e. The molecule has 0 aliphatic heterocycles. The molecule has 0 heterocycles. The van der Waals surface area contributed by atoms with Crippen molar-refractivity contribution in [3.8, 4) is 0 Å². The van der Waals surface area contributed by atoms with Crippen LogP contribution in [0.5, 0.6) is 0 Å². The Morgan fingerprint density at radius 2 is 1.83 bits per heavy atom. The second-order valence-electron chi connectivity index (χ2n) is 4.68. The molecule has 18 heavy (non-hydrogen) atoms. The first kappa shape index (κ1) is 12.9. The summed E-state index contributed by atoms with van der Waals surface area (Å²) >= 11 is 0. The molecule has 0 atom stereocenters. The van der Waals surface area contributed by atoms with E-state index in [-0.39, 0.29) is 12.5 Å². The number of benzene rings is 1. The smallest absolute Gasteiger partial charge is 0.250 e. The van der Waals surface area contributed by atoms with Gasteiger partial charge in [-0.25, -0.2) is 0 Å². The van der Waals surface area contributed by atoms with Crippen LogP contribution in [0.1, 0.15) is 25.7 Å². The SMILES string of the molecule is COCC(=O)Nc1ccc(NC2CCCC2)cc1. The van der Waals surface area contributed by atoms with E-state index in [0.29, 0.717) is 6.04 Å². The van der Waals surface area contributed by atoms with Gasteiger partial charge in [-0.1, -0.05) is 12.8 Å². The van der Waals surface area contributed by atoms with E-state index in [2.05, 4.69) is 10.6 Å². The third-order valence-corrected chi connectivity index (χ3v) is 3.17. The molecule has 0 radical (unpaired) electrons. The van der Waals surface area contributed by atoms with Crippen LogP contribution >= 0.6 is 0 Å². The molecule has 1 aliphatic rings. The van der Waals surface area contributed by atoms with Gasteiger partial charge in [0.2, 0.25) is 5.91 Å². The van der Waals surface area contributed by atoms with Gasteiger partial charge >= 0.3 is 0 Å². The van der Waals surface area contributed by atoms with Gasteiger partial charge in [-0.2, -0.15) is 0 Å². The number of anilines is 2. The van der Waals surface area contributed by atoms with Crippen molar-refractivity contribution in [1.82, 2.24) is 0 Å². The van der Waals surface area contributed by atoms with E-state index in [0.717, 1.165) is 11.4 Å². The number of ether oxygens (including phenoxy) is 1. The number of carbonyl (C=O) groups excluding carboxylic acids is 1. The molecule has 1 aliphatic carbocycles. The van der Waals surface area contributed by atoms with Crippen LogP contribution in [0.25, 0.3) is 0 Å². The molecule has 1 aromatic carbocycles. The topological polar surface area (TPSA) is 50.4 Å². The Labute approximate surface area is 108 Å². The number of hydrogen-bond donors (Lipinski definition) is 2. The first-order chi connectivity index (χ1) is 8.78. The number of carbonyl (C=O) groups is 1. The van der Waals surface area contributed by atoms with E-state index in [9.17, 15) is 4.79 Å². The lowest BCUT2D eigenvalue weighted by Gasteiger charge is -2.14. The van der Waals surface area contributed by atoms with E-state index in [1.165, 1.54) is 32.8 Å². The average molecular weight is 248 g/mol. The van der Waals surface area contributed by atoms with Crippen LogP contribution in [0.3, 0.4) is 0 Å². The average Bonchev–Trinajstić information content (AvgIpc) is 2.85. The predicted octanol–water partition coefficient (Wildman–Crippen LogP) is 2.63. The first-order valence-electron chi connectivity index (χ1n) is 6.43. The second kappa shape index (κ2) is 6.40. The van der Waals surface area contributed by atoms with E-state index < -0.39 is 0 Å². The molecule has 2 rings (SSSR count). The Hall–Kier alpha value is -1.55. The van der Waals surface area contributed by atoms with Gasteiger partial charge in [0, 0.05) is 24.5 Å². The molecule has 1 saturated carbocycles. The van der Waals surface area contributed by atoms with Crippen LogP contribution in [0.15, 0.2) is 24.3 Å². The summed E-state index contributed by atoms with van der Waals surface area (Å²) < 4.78 is 4.76. The predicted molar refractivity (Wildman–Crippen MR) is 72.8 cm³/mol. The highest BCUT2D eigenvalue weighted by molar-refractivity contribution is 5.91. The Bertz CT molecular complexity index is 383. The summed E-state index contributed by atoms with van der Waals surface area (Å²) in [5.74, 6) is -0.131. The van der Waals surface area contributed by atoms with Crippen LogP contribution in [0.4, 0.5) is 11.4 Å². The molecule has 0 aromatic heterocycles. The van der Waals surface area contributed by atoms with E-state index >= 15 is 0 Å². The van der Waals surface area contributed by atoms with Crippen LogP contribution < -0.4 is 10.6 Å². The maximum Gasteiger partial charge on any atom is 0.250 e. The van der Waals surface area contributed by atoms with Crippen LogP contribution in [0, 0.1) is 0 Å². The quantitative estimate of drug-likeness (QED) is 0.842. The van der Waals surface area contributed by atoms with Crippen molar-refractivity contribution < 1.29 is 9.53 Å². The van der Waals surface area contributed by atoms with E-state index in [1.54, 1.807) is 0 Å². The fourth-order valence-electron chi connectivity index (χ4n) is 2.28. The van der Waals surface area contributed by atoms with Crippen LogP contribution in [-0.2, 0) is 9.53 Å². The van der Waals surface area contributed by atoms with Gasteiger partial charge in [0.05, 0.1) is 0 Å². The number of amides is 1. The van der Waals surface area contributed by atoms with Crippen molar-refractivity contribution in [3.05, 3.63) is 24.3 Å². The second-order valence-corrected chi connectivity index (χ2v) is 4.68. The molecule has 1 fully saturated rings. The molecule has 0 unspecified atom stereocenters. The van der Waals surface area contributed by atoms with Gasteiger partial charge in [0.1, 0.15) is 6.61 Å². The van der Waals surface area contributed by atoms with Crippen molar-refractivity contribution in [3.63, 3.8) is 0 Å². The Morgan fingerprint density at radius 1 is 1.22 bits per heavy atom. The highest BCUT2D eigenvalue weighted by Crippen LogP contribution is 2.23. The summed E-state index contributed by atoms with van der Waals surface area (Å²) in [7, 11) is 1.51. The largest absolute Gasteiger partial charge is 0.382 e. The van der Waals surface area contributed by atoms with Crippen molar-refractivity contribution in [1.29, 1.82) is 0 Å². The molecule has 0 bridgehead atoms. The molecule has 98 valence electrons. The lowest BCUT2D eigenvalue weighted by atomic mass is 10.2. The summed E-state index contributed by atoms with van der Waals surface area (Å²) in [6, 6.07) is 8.43. The first-order valence-corrected chi connectivity index (χ1v) is 6.43. The van der Waals surface area contributed by atoms with Gasteiger partial charge in [0.25, 0.3) is 0 Å². The Kier molecular flexibility index (Phi) is 4.59. The minimum absolute atomic E-state index is 0.0854. The Morgan fingerprint density at radius 3 is 2.44 bits per heavy atom. The van der Waals surface area contributed by atoms with Gasteiger partial charge in [-0.3, -0.25) is 4.79 Å². The Balaban J connectivity index is 1.86. The van der Waals surface area contributed by atoms with Crippen molar-refractivity contribution in [2.75, 3.05) is 24.4 Å². The molecular weight excluding hydrogens is 228 g/mol. The minimum atomic E-state index is -0.131. The summed E-state index contributed by atoms with van der Waals surface area (Å²) in [6.07, 6.45) is 5.16. The third-order valence-electron chi connectivity index (χ3n) is 3.17. The van der Waals surface area contributed by atoms with Gasteiger partial charge in [-0.05, 0) is 37.1 Å². The molecule has 1 amide bonds. The number of methoxy groups -OCH3 is 1. The van der Waals surface area contributed by atoms with Crippen LogP contribution in [0.2, 0.25) is 0 Å². The van der Waals surface area contributed by atoms with Crippen molar-refractivity contribution >= 4 is 17.3 Å². The molecule has 4 nitrogen and oxygen atoms in total. The maximum absolute atomic E-state index is 11.3. The molecule has 1 aromatic rings. The van der Waals surface area contributed by atoms with Crippen LogP contribution in [-0.4, -0.2) is 25.7 Å². The number of hydrogen-bond acceptors (Lipinski definition) is 3. The van der Waals surface area contributed by atoms with Gasteiger partial charge in [-0.15, -0.1) is 0 Å². The fraction of sp³-hybridized carbons (Fsp3) is 0.500. The summed E-state index contributed by atoms with van der Waals surface area (Å²) in [5, 5.41) is 6.28. The van der Waals surface area contributed by atoms with Gasteiger partial charge < -0.3 is 15.4 Å². The van der Waals surface area contributed by atoms with Crippen molar-refractivity contribution in [2.24, 2.45) is 0 Å². The highest BCUT2D eigenvalue weighted by atomic mass is 16.5. The van der Waals surface area contributed by atoms with Gasteiger partial charge in [0.15, 0.2) is 0 Å². The highest BCUT2D eigenvalue weighted by Gasteiger charge is 2.14. The molecular formula is C14H20N2O2. The summed E-state index contributed by atoms with van der Waals surface area (Å²) in [6.45, 7) is 0.0854. The zero-order chi connectivity index (χ0) is 12.8. The third kappa shape index (κ3) is 3.74. The van der Waals surface area contributed by atoms with Crippen molar-refractivity contribution in [2.45, 2.75) is 31.7 Å². The normalized spacial score (nSPS) is 15.6. The monoisotopic (exact) mass is 248 g/mol. The molecule has 0 saturated heterocycles. The molecule has 0 spiro atoms. The lowest BCUT2D eigenvalue weighted by molar-refractivity contribution is -0.119. The molecule has 2 N–H and O–H groups in total. The molecule has 4 heteroatoms. The number of nitrogens with one attached hydrogen (secondary N) is 2. The summed E-state index contributed by atoms with van der Waals surface area (Å²) in [5.41, 5.74) is 1.92. The maximum atomic E-state index is 11.3. The van der Waals surface area contributed by atoms with E-state index in [4.69, 9.17) is 4.74 Å². The zero-order valence-electron chi connectivity index (χ0n) is 10.7. The zero-order valence-corrected chi connectivity index (χ0v) is 10.7. The number of rotatable bonds is 5. The summed E-state index contributed by atoms with van der Waals surface area (Å²) in [4.78, 5) is 11.3. The fourth-order valence-corrected chi connectivity index (χ4v) is 2.28. The standard InChI is InChI=1S/C14H20N2O2/c1-18-10-14(17)16-13-8-6-12(7-9-13)15-11-4-2-3-5-11/h6-9,11,15H,2-5,10H2,1H3,(H,16,17).